The Balaban J connectivity index is 1.98. The summed E-state index contributed by atoms with van der Waals surface area (Å²) in [4.78, 5) is 11.8. The molecular weight excluding hydrogens is 339 g/mol. The van der Waals surface area contributed by atoms with Crippen molar-refractivity contribution in [1.29, 1.82) is 0 Å². The largest absolute Gasteiger partial charge is 0.323 e. The SMILES string of the molecule is Cc1ccc(NC(=O)Nc2cccc(I)c2)cc1. The highest BCUT2D eigenvalue weighted by molar-refractivity contribution is 14.1. The summed E-state index contributed by atoms with van der Waals surface area (Å²) in [6, 6.07) is 15.1. The molecule has 0 fully saturated rings. The maximum absolute atomic E-state index is 11.8. The van der Waals surface area contributed by atoms with E-state index in [9.17, 15) is 4.79 Å². The van der Waals surface area contributed by atoms with Crippen molar-refractivity contribution in [1.82, 2.24) is 0 Å². The highest BCUT2D eigenvalue weighted by atomic mass is 127. The number of amides is 2. The molecule has 92 valence electrons. The summed E-state index contributed by atoms with van der Waals surface area (Å²) in [5.74, 6) is 0. The number of carbonyl (C=O) groups excluding carboxylic acids is 1. The molecule has 0 atom stereocenters. The van der Waals surface area contributed by atoms with Gasteiger partial charge >= 0.3 is 6.03 Å². The Kier molecular flexibility index (Phi) is 4.19. The number of carbonyl (C=O) groups is 1. The molecule has 0 spiro atoms. The van der Waals surface area contributed by atoms with Gasteiger partial charge in [-0.25, -0.2) is 4.79 Å². The molecule has 2 rings (SSSR count). The van der Waals surface area contributed by atoms with Crippen LogP contribution in [0.4, 0.5) is 16.2 Å². The first-order valence-electron chi connectivity index (χ1n) is 5.54. The molecule has 0 saturated carbocycles. The number of benzene rings is 2. The zero-order valence-electron chi connectivity index (χ0n) is 9.91. The average Bonchev–Trinajstić information content (AvgIpc) is 2.32. The Labute approximate surface area is 120 Å². The minimum Gasteiger partial charge on any atom is -0.308 e. The first-order chi connectivity index (χ1) is 8.63. The van der Waals surface area contributed by atoms with Crippen LogP contribution in [-0.2, 0) is 0 Å². The summed E-state index contributed by atoms with van der Waals surface area (Å²) in [7, 11) is 0. The van der Waals surface area contributed by atoms with E-state index < -0.39 is 0 Å². The molecule has 0 aliphatic carbocycles. The Morgan fingerprint density at radius 2 is 1.67 bits per heavy atom. The van der Waals surface area contributed by atoms with Gasteiger partial charge in [-0.2, -0.15) is 0 Å². The Morgan fingerprint density at radius 1 is 1.00 bits per heavy atom. The van der Waals surface area contributed by atoms with Gasteiger partial charge in [-0.1, -0.05) is 23.8 Å². The summed E-state index contributed by atoms with van der Waals surface area (Å²) >= 11 is 2.21. The number of halogens is 1. The van der Waals surface area contributed by atoms with Crippen molar-refractivity contribution in [3.8, 4) is 0 Å². The molecule has 0 aliphatic rings. The van der Waals surface area contributed by atoms with Crippen molar-refractivity contribution >= 4 is 40.0 Å². The van der Waals surface area contributed by atoms with Gasteiger partial charge in [0, 0.05) is 14.9 Å². The van der Waals surface area contributed by atoms with Crippen LogP contribution in [0.3, 0.4) is 0 Å². The van der Waals surface area contributed by atoms with Crippen LogP contribution in [0.5, 0.6) is 0 Å². The van der Waals surface area contributed by atoms with Gasteiger partial charge < -0.3 is 10.6 Å². The molecule has 2 aromatic carbocycles. The van der Waals surface area contributed by atoms with Crippen molar-refractivity contribution in [2.24, 2.45) is 0 Å². The van der Waals surface area contributed by atoms with E-state index in [-0.39, 0.29) is 6.03 Å². The van der Waals surface area contributed by atoms with E-state index in [0.29, 0.717) is 0 Å². The summed E-state index contributed by atoms with van der Waals surface area (Å²) in [6.07, 6.45) is 0. The second kappa shape index (κ2) is 5.86. The van der Waals surface area contributed by atoms with E-state index in [1.165, 1.54) is 5.56 Å². The lowest BCUT2D eigenvalue weighted by Crippen LogP contribution is -2.19. The van der Waals surface area contributed by atoms with Crippen LogP contribution in [0.1, 0.15) is 5.56 Å². The van der Waals surface area contributed by atoms with E-state index in [4.69, 9.17) is 0 Å². The summed E-state index contributed by atoms with van der Waals surface area (Å²) in [5, 5.41) is 5.58. The molecule has 2 aromatic rings. The topological polar surface area (TPSA) is 41.1 Å². The van der Waals surface area contributed by atoms with Crippen molar-refractivity contribution in [2.45, 2.75) is 6.92 Å². The van der Waals surface area contributed by atoms with E-state index in [1.54, 1.807) is 0 Å². The van der Waals surface area contributed by atoms with Gasteiger partial charge in [0.15, 0.2) is 0 Å². The molecule has 2 N–H and O–H groups in total. The highest BCUT2D eigenvalue weighted by Crippen LogP contribution is 2.13. The van der Waals surface area contributed by atoms with Gasteiger partial charge in [-0.3, -0.25) is 0 Å². The Morgan fingerprint density at radius 3 is 2.33 bits per heavy atom. The number of urea groups is 1. The van der Waals surface area contributed by atoms with E-state index in [2.05, 4.69) is 33.2 Å². The second-order valence-corrected chi connectivity index (χ2v) is 5.20. The Bertz CT molecular complexity index is 552. The maximum Gasteiger partial charge on any atom is 0.323 e. The monoisotopic (exact) mass is 352 g/mol. The molecule has 0 saturated heterocycles. The lowest BCUT2D eigenvalue weighted by atomic mass is 10.2. The van der Waals surface area contributed by atoms with Gasteiger partial charge in [0.1, 0.15) is 0 Å². The lowest BCUT2D eigenvalue weighted by Gasteiger charge is -2.08. The van der Waals surface area contributed by atoms with E-state index in [0.717, 1.165) is 14.9 Å². The third-order valence-corrected chi connectivity index (χ3v) is 3.06. The average molecular weight is 352 g/mol. The molecule has 18 heavy (non-hydrogen) atoms. The smallest absolute Gasteiger partial charge is 0.308 e. The molecule has 0 bridgehead atoms. The molecule has 0 radical (unpaired) electrons. The second-order valence-electron chi connectivity index (χ2n) is 3.96. The number of aryl methyl sites for hydroxylation is 1. The third kappa shape index (κ3) is 3.73. The van der Waals surface area contributed by atoms with Crippen LogP contribution < -0.4 is 10.6 Å². The van der Waals surface area contributed by atoms with Crippen LogP contribution in [0, 0.1) is 10.5 Å². The van der Waals surface area contributed by atoms with Crippen molar-refractivity contribution in [2.75, 3.05) is 10.6 Å². The maximum atomic E-state index is 11.8. The first-order valence-corrected chi connectivity index (χ1v) is 6.61. The minimum absolute atomic E-state index is 0.235. The number of rotatable bonds is 2. The summed E-state index contributed by atoms with van der Waals surface area (Å²) in [6.45, 7) is 2.01. The standard InChI is InChI=1S/C14H13IN2O/c1-10-5-7-12(8-6-10)16-14(18)17-13-4-2-3-11(15)9-13/h2-9H,1H3,(H2,16,17,18). The molecule has 0 unspecified atom stereocenters. The van der Waals surface area contributed by atoms with Crippen LogP contribution in [0.2, 0.25) is 0 Å². The molecule has 0 aromatic heterocycles. The minimum atomic E-state index is -0.235. The molecule has 0 heterocycles. The highest BCUT2D eigenvalue weighted by Gasteiger charge is 2.02. The molecule has 4 heteroatoms. The molecule has 3 nitrogen and oxygen atoms in total. The van der Waals surface area contributed by atoms with E-state index >= 15 is 0 Å². The van der Waals surface area contributed by atoms with Crippen molar-refractivity contribution in [3.05, 3.63) is 57.7 Å². The number of hydrogen-bond donors (Lipinski definition) is 2. The first kappa shape index (κ1) is 12.9. The van der Waals surface area contributed by atoms with Gasteiger partial charge in [-0.05, 0) is 59.8 Å². The predicted molar refractivity (Wildman–Crippen MR) is 83.0 cm³/mol. The van der Waals surface area contributed by atoms with Crippen molar-refractivity contribution < 1.29 is 4.79 Å². The van der Waals surface area contributed by atoms with Crippen LogP contribution in [0.25, 0.3) is 0 Å². The predicted octanol–water partition coefficient (Wildman–Crippen LogP) is 4.24. The summed E-state index contributed by atoms with van der Waals surface area (Å²) in [5.41, 5.74) is 2.73. The van der Waals surface area contributed by atoms with Gasteiger partial charge in [-0.15, -0.1) is 0 Å². The Hall–Kier alpha value is -1.56. The zero-order valence-corrected chi connectivity index (χ0v) is 12.1. The number of anilines is 2. The fourth-order valence-electron chi connectivity index (χ4n) is 1.50. The van der Waals surface area contributed by atoms with Gasteiger partial charge in [0.2, 0.25) is 0 Å². The fourth-order valence-corrected chi connectivity index (χ4v) is 2.04. The number of hydrogen-bond acceptors (Lipinski definition) is 1. The quantitative estimate of drug-likeness (QED) is 0.780. The summed E-state index contributed by atoms with van der Waals surface area (Å²) < 4.78 is 1.08. The van der Waals surface area contributed by atoms with Gasteiger partial charge in [0.25, 0.3) is 0 Å². The third-order valence-electron chi connectivity index (χ3n) is 2.39. The molecule has 2 amide bonds. The zero-order chi connectivity index (χ0) is 13.0. The van der Waals surface area contributed by atoms with Crippen molar-refractivity contribution in [3.63, 3.8) is 0 Å². The van der Waals surface area contributed by atoms with Crippen LogP contribution in [0.15, 0.2) is 48.5 Å². The van der Waals surface area contributed by atoms with Crippen LogP contribution in [-0.4, -0.2) is 6.03 Å². The fraction of sp³-hybridized carbons (Fsp3) is 0.0714. The van der Waals surface area contributed by atoms with E-state index in [1.807, 2.05) is 55.5 Å². The molecular formula is C14H13IN2O. The molecule has 0 aliphatic heterocycles. The number of nitrogens with one attached hydrogen (secondary N) is 2. The lowest BCUT2D eigenvalue weighted by molar-refractivity contribution is 0.262. The normalized spacial score (nSPS) is 9.89. The van der Waals surface area contributed by atoms with Crippen LogP contribution >= 0.6 is 22.6 Å². The van der Waals surface area contributed by atoms with Gasteiger partial charge in [0.05, 0.1) is 0 Å².